The molecule has 0 aliphatic carbocycles. The first-order valence-electron chi connectivity index (χ1n) is 5.60. The molecule has 1 atom stereocenters. The number of nitrogens with one attached hydrogen (secondary N) is 1. The van der Waals surface area contributed by atoms with Gasteiger partial charge in [0.15, 0.2) is 0 Å². The van der Waals surface area contributed by atoms with Crippen molar-refractivity contribution in [3.63, 3.8) is 0 Å². The van der Waals surface area contributed by atoms with E-state index < -0.39 is 0 Å². The van der Waals surface area contributed by atoms with Gasteiger partial charge < -0.3 is 14.5 Å². The van der Waals surface area contributed by atoms with Crippen molar-refractivity contribution < 1.29 is 13.9 Å². The molecule has 2 aromatic rings. The molecule has 1 amide bonds. The van der Waals surface area contributed by atoms with Crippen LogP contribution in [0.3, 0.4) is 0 Å². The number of carbonyl (C=O) groups is 1. The number of carbonyl (C=O) groups excluding carboxylic acids is 1. The van der Waals surface area contributed by atoms with Crippen LogP contribution in [-0.2, 0) is 4.74 Å². The lowest BCUT2D eigenvalue weighted by molar-refractivity contribution is 0.0740. The van der Waals surface area contributed by atoms with Gasteiger partial charge in [-0.05, 0) is 36.1 Å². The van der Waals surface area contributed by atoms with Gasteiger partial charge in [-0.3, -0.25) is 4.79 Å². The summed E-state index contributed by atoms with van der Waals surface area (Å²) in [5.41, 5.74) is 1.10. The number of thiophene rings is 1. The van der Waals surface area contributed by atoms with Crippen LogP contribution in [0.15, 0.2) is 34.3 Å². The van der Waals surface area contributed by atoms with E-state index in [0.717, 1.165) is 5.56 Å². The van der Waals surface area contributed by atoms with Gasteiger partial charge in [0.2, 0.25) is 0 Å². The van der Waals surface area contributed by atoms with E-state index in [9.17, 15) is 4.79 Å². The molecule has 0 saturated heterocycles. The van der Waals surface area contributed by atoms with Crippen LogP contribution in [0.1, 0.15) is 27.1 Å². The minimum Gasteiger partial charge on any atom is -0.467 e. The molecule has 2 heterocycles. The zero-order chi connectivity index (χ0) is 13.0. The van der Waals surface area contributed by atoms with Crippen LogP contribution in [0.2, 0.25) is 0 Å². The number of aryl methyl sites for hydroxylation is 1. The minimum absolute atomic E-state index is 0.0818. The van der Waals surface area contributed by atoms with E-state index in [-0.39, 0.29) is 12.0 Å². The first-order valence-corrected chi connectivity index (χ1v) is 6.48. The van der Waals surface area contributed by atoms with E-state index in [1.807, 2.05) is 24.4 Å². The third kappa shape index (κ3) is 3.00. The summed E-state index contributed by atoms with van der Waals surface area (Å²) in [4.78, 5) is 12.6. The number of amides is 1. The fourth-order valence-corrected chi connectivity index (χ4v) is 2.41. The van der Waals surface area contributed by atoms with Gasteiger partial charge in [-0.15, -0.1) is 11.3 Å². The fourth-order valence-electron chi connectivity index (χ4n) is 1.60. The molecule has 0 aliphatic rings. The molecule has 2 rings (SSSR count). The maximum Gasteiger partial charge on any atom is 0.261 e. The standard InChI is InChI=1S/C13H15NO3S/c1-9-6-12(18-8-9)13(15)14-7-11(16-2)10-4-3-5-17-10/h3-6,8,11H,7H2,1-2H3,(H,14,15)/t11-/m0/s1. The van der Waals surface area contributed by atoms with Crippen molar-refractivity contribution in [2.24, 2.45) is 0 Å². The van der Waals surface area contributed by atoms with Crippen LogP contribution in [0.5, 0.6) is 0 Å². The van der Waals surface area contributed by atoms with Gasteiger partial charge in [0.05, 0.1) is 17.7 Å². The summed E-state index contributed by atoms with van der Waals surface area (Å²) in [7, 11) is 1.59. The number of hydrogen-bond acceptors (Lipinski definition) is 4. The third-order valence-corrected chi connectivity index (χ3v) is 3.59. The largest absolute Gasteiger partial charge is 0.467 e. The van der Waals surface area contributed by atoms with E-state index in [4.69, 9.17) is 9.15 Å². The summed E-state index contributed by atoms with van der Waals surface area (Å²) in [5.74, 6) is 0.627. The quantitative estimate of drug-likeness (QED) is 0.904. The fraction of sp³-hybridized carbons (Fsp3) is 0.308. The average Bonchev–Trinajstić information content (AvgIpc) is 3.01. The Morgan fingerprint density at radius 2 is 2.44 bits per heavy atom. The van der Waals surface area contributed by atoms with Crippen molar-refractivity contribution in [2.75, 3.05) is 13.7 Å². The van der Waals surface area contributed by atoms with Crippen LogP contribution < -0.4 is 5.32 Å². The second-order valence-corrected chi connectivity index (χ2v) is 4.85. The van der Waals surface area contributed by atoms with Crippen molar-refractivity contribution in [2.45, 2.75) is 13.0 Å². The molecule has 2 aromatic heterocycles. The molecule has 0 aromatic carbocycles. The van der Waals surface area contributed by atoms with E-state index in [1.165, 1.54) is 11.3 Å². The molecule has 1 N–H and O–H groups in total. The topological polar surface area (TPSA) is 51.5 Å². The van der Waals surface area contributed by atoms with Crippen molar-refractivity contribution in [1.29, 1.82) is 0 Å². The molecule has 0 aliphatic heterocycles. The zero-order valence-electron chi connectivity index (χ0n) is 10.3. The molecule has 96 valence electrons. The van der Waals surface area contributed by atoms with Crippen molar-refractivity contribution in [1.82, 2.24) is 5.32 Å². The lowest BCUT2D eigenvalue weighted by Crippen LogP contribution is -2.28. The Morgan fingerprint density at radius 3 is 3.00 bits per heavy atom. The van der Waals surface area contributed by atoms with Gasteiger partial charge in [-0.2, -0.15) is 0 Å². The maximum atomic E-state index is 11.9. The van der Waals surface area contributed by atoms with E-state index in [0.29, 0.717) is 17.2 Å². The summed E-state index contributed by atoms with van der Waals surface area (Å²) < 4.78 is 10.5. The number of hydrogen-bond donors (Lipinski definition) is 1. The average molecular weight is 265 g/mol. The lowest BCUT2D eigenvalue weighted by atomic mass is 10.2. The molecule has 0 saturated carbocycles. The monoisotopic (exact) mass is 265 g/mol. The van der Waals surface area contributed by atoms with Crippen LogP contribution in [0.4, 0.5) is 0 Å². The second kappa shape index (κ2) is 5.84. The minimum atomic E-state index is -0.259. The van der Waals surface area contributed by atoms with Crippen molar-refractivity contribution >= 4 is 17.2 Å². The van der Waals surface area contributed by atoms with Crippen LogP contribution in [-0.4, -0.2) is 19.6 Å². The molecule has 18 heavy (non-hydrogen) atoms. The summed E-state index contributed by atoms with van der Waals surface area (Å²) in [6.45, 7) is 2.36. The van der Waals surface area contributed by atoms with Crippen molar-refractivity contribution in [3.05, 3.63) is 46.0 Å². The van der Waals surface area contributed by atoms with E-state index >= 15 is 0 Å². The summed E-state index contributed by atoms with van der Waals surface area (Å²) in [6.07, 6.45) is 1.33. The molecule has 0 radical (unpaired) electrons. The number of furan rings is 1. The Hall–Kier alpha value is -1.59. The second-order valence-electron chi connectivity index (χ2n) is 3.94. The van der Waals surface area contributed by atoms with E-state index in [1.54, 1.807) is 19.4 Å². The lowest BCUT2D eigenvalue weighted by Gasteiger charge is -2.13. The Morgan fingerprint density at radius 1 is 1.61 bits per heavy atom. The Labute approximate surface area is 110 Å². The first kappa shape index (κ1) is 12.9. The zero-order valence-corrected chi connectivity index (χ0v) is 11.1. The summed E-state index contributed by atoms with van der Waals surface area (Å²) in [6, 6.07) is 5.50. The Kier molecular flexibility index (Phi) is 4.17. The normalized spacial score (nSPS) is 12.3. The molecule has 0 bridgehead atoms. The highest BCUT2D eigenvalue weighted by Gasteiger charge is 2.15. The van der Waals surface area contributed by atoms with Gasteiger partial charge in [0.1, 0.15) is 11.9 Å². The number of methoxy groups -OCH3 is 1. The first-order chi connectivity index (χ1) is 8.70. The molecule has 0 unspecified atom stereocenters. The van der Waals surface area contributed by atoms with Crippen LogP contribution >= 0.6 is 11.3 Å². The molecule has 0 spiro atoms. The Balaban J connectivity index is 1.92. The third-order valence-electron chi connectivity index (χ3n) is 2.55. The highest BCUT2D eigenvalue weighted by Crippen LogP contribution is 2.17. The highest BCUT2D eigenvalue weighted by molar-refractivity contribution is 7.12. The SMILES string of the molecule is CO[C@@H](CNC(=O)c1cc(C)cs1)c1ccco1. The Bertz CT molecular complexity index is 504. The van der Waals surface area contributed by atoms with Gasteiger partial charge in [-0.1, -0.05) is 0 Å². The number of rotatable bonds is 5. The van der Waals surface area contributed by atoms with Crippen LogP contribution in [0, 0.1) is 6.92 Å². The molecule has 5 heteroatoms. The molecule has 0 fully saturated rings. The molecule has 4 nitrogen and oxygen atoms in total. The highest BCUT2D eigenvalue weighted by atomic mass is 32.1. The predicted molar refractivity (Wildman–Crippen MR) is 69.8 cm³/mol. The maximum absolute atomic E-state index is 11.9. The predicted octanol–water partition coefficient (Wildman–Crippen LogP) is 2.77. The smallest absolute Gasteiger partial charge is 0.261 e. The van der Waals surface area contributed by atoms with E-state index in [2.05, 4.69) is 5.32 Å². The van der Waals surface area contributed by atoms with Crippen LogP contribution in [0.25, 0.3) is 0 Å². The van der Waals surface area contributed by atoms with Gasteiger partial charge >= 0.3 is 0 Å². The van der Waals surface area contributed by atoms with Gasteiger partial charge in [-0.25, -0.2) is 0 Å². The van der Waals surface area contributed by atoms with Gasteiger partial charge in [0, 0.05) is 7.11 Å². The number of ether oxygens (including phenoxy) is 1. The van der Waals surface area contributed by atoms with Gasteiger partial charge in [0.25, 0.3) is 5.91 Å². The van der Waals surface area contributed by atoms with Crippen molar-refractivity contribution in [3.8, 4) is 0 Å². The summed E-state index contributed by atoms with van der Waals surface area (Å²) >= 11 is 1.44. The molecular formula is C13H15NO3S. The summed E-state index contributed by atoms with van der Waals surface area (Å²) in [5, 5.41) is 4.79. The molecular weight excluding hydrogens is 250 g/mol.